The summed E-state index contributed by atoms with van der Waals surface area (Å²) in [7, 11) is -3.61. The highest BCUT2D eigenvalue weighted by Gasteiger charge is 2.13. The number of aromatic nitrogens is 1. The van der Waals surface area contributed by atoms with Crippen molar-refractivity contribution < 1.29 is 13.2 Å². The molecule has 150 valence electrons. The lowest BCUT2D eigenvalue weighted by Gasteiger charge is -2.09. The van der Waals surface area contributed by atoms with Gasteiger partial charge in [-0.3, -0.25) is 9.52 Å². The molecule has 0 saturated carbocycles. The van der Waals surface area contributed by atoms with Gasteiger partial charge in [-0.25, -0.2) is 13.4 Å². The van der Waals surface area contributed by atoms with Crippen molar-refractivity contribution in [3.05, 3.63) is 78.5 Å². The Bertz CT molecular complexity index is 1070. The van der Waals surface area contributed by atoms with Crippen LogP contribution in [0.5, 0.6) is 0 Å². The zero-order valence-electron chi connectivity index (χ0n) is 16.0. The van der Waals surface area contributed by atoms with Gasteiger partial charge in [0.15, 0.2) is 0 Å². The number of nitrogens with one attached hydrogen (secondary N) is 2. The number of sulfonamides is 1. The molecule has 0 aliphatic carbocycles. The van der Waals surface area contributed by atoms with E-state index >= 15 is 0 Å². The van der Waals surface area contributed by atoms with Gasteiger partial charge in [-0.05, 0) is 62.4 Å². The Morgan fingerprint density at radius 1 is 0.966 bits per heavy atom. The molecule has 1 amide bonds. The highest BCUT2D eigenvalue weighted by atomic mass is 32.2. The van der Waals surface area contributed by atoms with Gasteiger partial charge in [0.25, 0.3) is 15.9 Å². The Hall–Kier alpha value is -2.84. The second kappa shape index (κ2) is 9.11. The lowest BCUT2D eigenvalue weighted by Crippen LogP contribution is -2.30. The zero-order chi connectivity index (χ0) is 20.9. The maximum Gasteiger partial charge on any atom is 0.261 e. The predicted molar refractivity (Wildman–Crippen MR) is 115 cm³/mol. The number of anilines is 1. The molecule has 2 N–H and O–H groups in total. The molecule has 8 heteroatoms. The second-order valence-corrected chi connectivity index (χ2v) is 9.33. The van der Waals surface area contributed by atoms with E-state index in [1.165, 1.54) is 11.8 Å². The standard InChI is InChI=1S/C21H21N3O3S2/c1-15(2)23-21(25)16-8-13-20(22-14-16)28-18-11-9-17(10-12-18)24-29(26,27)19-6-4-3-5-7-19/h3-15,24H,1-2H3,(H,23,25). The van der Waals surface area contributed by atoms with Crippen LogP contribution in [0, 0.1) is 0 Å². The van der Waals surface area contributed by atoms with Crippen LogP contribution in [0.4, 0.5) is 5.69 Å². The first kappa shape index (κ1) is 20.9. The van der Waals surface area contributed by atoms with Gasteiger partial charge >= 0.3 is 0 Å². The van der Waals surface area contributed by atoms with E-state index in [0.29, 0.717) is 11.3 Å². The summed E-state index contributed by atoms with van der Waals surface area (Å²) in [5.41, 5.74) is 0.987. The van der Waals surface area contributed by atoms with Crippen molar-refractivity contribution in [1.82, 2.24) is 10.3 Å². The third-order valence-corrected chi connectivity index (χ3v) is 6.16. The SMILES string of the molecule is CC(C)NC(=O)c1ccc(Sc2ccc(NS(=O)(=O)c3ccccc3)cc2)nc1. The van der Waals surface area contributed by atoms with Crippen LogP contribution < -0.4 is 10.0 Å². The molecule has 0 saturated heterocycles. The highest BCUT2D eigenvalue weighted by Crippen LogP contribution is 2.27. The maximum absolute atomic E-state index is 12.4. The Balaban J connectivity index is 1.64. The van der Waals surface area contributed by atoms with Crippen LogP contribution in [-0.4, -0.2) is 25.4 Å². The number of amides is 1. The molecular weight excluding hydrogens is 406 g/mol. The van der Waals surface area contributed by atoms with E-state index in [1.54, 1.807) is 60.8 Å². The molecule has 0 fully saturated rings. The Morgan fingerprint density at radius 3 is 2.24 bits per heavy atom. The molecule has 3 aromatic rings. The number of carbonyl (C=O) groups is 1. The molecule has 3 rings (SSSR count). The average molecular weight is 428 g/mol. The number of benzene rings is 2. The quantitative estimate of drug-likeness (QED) is 0.591. The van der Waals surface area contributed by atoms with Crippen LogP contribution in [0.1, 0.15) is 24.2 Å². The molecule has 0 bridgehead atoms. The fourth-order valence-electron chi connectivity index (χ4n) is 2.45. The summed E-state index contributed by atoms with van der Waals surface area (Å²) in [5, 5.41) is 3.56. The van der Waals surface area contributed by atoms with Crippen molar-refractivity contribution in [1.29, 1.82) is 0 Å². The summed E-state index contributed by atoms with van der Waals surface area (Å²) in [6.45, 7) is 3.80. The summed E-state index contributed by atoms with van der Waals surface area (Å²) in [6, 6.07) is 18.8. The smallest absolute Gasteiger partial charge is 0.261 e. The molecule has 1 heterocycles. The number of hydrogen-bond donors (Lipinski definition) is 2. The molecule has 29 heavy (non-hydrogen) atoms. The van der Waals surface area contributed by atoms with E-state index < -0.39 is 10.0 Å². The van der Waals surface area contributed by atoms with E-state index in [4.69, 9.17) is 0 Å². The van der Waals surface area contributed by atoms with Crippen LogP contribution >= 0.6 is 11.8 Å². The summed E-state index contributed by atoms with van der Waals surface area (Å²) in [5.74, 6) is -0.154. The fraction of sp³-hybridized carbons (Fsp3) is 0.143. The number of rotatable bonds is 7. The number of hydrogen-bond acceptors (Lipinski definition) is 5. The first-order valence-corrected chi connectivity index (χ1v) is 11.3. The minimum Gasteiger partial charge on any atom is -0.350 e. The van der Waals surface area contributed by atoms with E-state index in [1.807, 2.05) is 26.0 Å². The van der Waals surface area contributed by atoms with Gasteiger partial charge in [-0.1, -0.05) is 30.0 Å². The fourth-order valence-corrected chi connectivity index (χ4v) is 4.28. The normalized spacial score (nSPS) is 11.3. The maximum atomic E-state index is 12.4. The predicted octanol–water partition coefficient (Wildman–Crippen LogP) is 4.17. The van der Waals surface area contributed by atoms with Crippen LogP contribution in [0.3, 0.4) is 0 Å². The van der Waals surface area contributed by atoms with Crippen molar-refractivity contribution in [3.8, 4) is 0 Å². The molecule has 2 aromatic carbocycles. The molecule has 0 aliphatic rings. The highest BCUT2D eigenvalue weighted by molar-refractivity contribution is 7.99. The first-order valence-electron chi connectivity index (χ1n) is 8.96. The van der Waals surface area contributed by atoms with Crippen molar-refractivity contribution in [2.45, 2.75) is 34.7 Å². The van der Waals surface area contributed by atoms with E-state index in [2.05, 4.69) is 15.0 Å². The van der Waals surface area contributed by atoms with Crippen LogP contribution in [0.25, 0.3) is 0 Å². The van der Waals surface area contributed by atoms with Gasteiger partial charge in [-0.15, -0.1) is 0 Å². The Kier molecular flexibility index (Phi) is 6.56. The molecule has 0 radical (unpaired) electrons. The zero-order valence-corrected chi connectivity index (χ0v) is 17.6. The van der Waals surface area contributed by atoms with Crippen molar-refractivity contribution in [2.75, 3.05) is 4.72 Å². The van der Waals surface area contributed by atoms with Gasteiger partial charge < -0.3 is 5.32 Å². The largest absolute Gasteiger partial charge is 0.350 e. The first-order chi connectivity index (χ1) is 13.8. The second-order valence-electron chi connectivity index (χ2n) is 6.56. The molecule has 6 nitrogen and oxygen atoms in total. The summed E-state index contributed by atoms with van der Waals surface area (Å²) < 4.78 is 27.3. The van der Waals surface area contributed by atoms with Crippen molar-refractivity contribution in [3.63, 3.8) is 0 Å². The Labute approximate surface area is 174 Å². The molecule has 0 unspecified atom stereocenters. The summed E-state index contributed by atoms with van der Waals surface area (Å²) >= 11 is 1.42. The lowest BCUT2D eigenvalue weighted by molar-refractivity contribution is 0.0942. The van der Waals surface area contributed by atoms with Crippen molar-refractivity contribution in [2.24, 2.45) is 0 Å². The van der Waals surface area contributed by atoms with E-state index in [9.17, 15) is 13.2 Å². The molecule has 0 spiro atoms. The minimum absolute atomic E-state index is 0.0642. The van der Waals surface area contributed by atoms with Crippen LogP contribution in [-0.2, 0) is 10.0 Å². The monoisotopic (exact) mass is 427 g/mol. The number of nitrogens with zero attached hydrogens (tertiary/aromatic N) is 1. The van der Waals surface area contributed by atoms with E-state index in [-0.39, 0.29) is 16.8 Å². The van der Waals surface area contributed by atoms with Crippen LogP contribution in [0.2, 0.25) is 0 Å². The summed E-state index contributed by atoms with van der Waals surface area (Å²) in [4.78, 5) is 17.4. The molecule has 0 atom stereocenters. The third kappa shape index (κ3) is 5.82. The van der Waals surface area contributed by atoms with Gasteiger partial charge in [0.05, 0.1) is 10.5 Å². The molecule has 0 aliphatic heterocycles. The van der Waals surface area contributed by atoms with Crippen LogP contribution in [0.15, 0.2) is 87.7 Å². The van der Waals surface area contributed by atoms with Gasteiger partial charge in [0, 0.05) is 22.8 Å². The topological polar surface area (TPSA) is 88.2 Å². The number of carbonyl (C=O) groups excluding carboxylic acids is 1. The van der Waals surface area contributed by atoms with Crippen molar-refractivity contribution >= 4 is 33.4 Å². The number of pyridine rings is 1. The third-order valence-electron chi connectivity index (χ3n) is 3.80. The van der Waals surface area contributed by atoms with Gasteiger partial charge in [-0.2, -0.15) is 0 Å². The Morgan fingerprint density at radius 2 is 1.66 bits per heavy atom. The minimum atomic E-state index is -3.61. The van der Waals surface area contributed by atoms with Gasteiger partial charge in [0.2, 0.25) is 0 Å². The lowest BCUT2D eigenvalue weighted by atomic mass is 10.2. The van der Waals surface area contributed by atoms with Gasteiger partial charge in [0.1, 0.15) is 5.03 Å². The molecule has 1 aromatic heterocycles. The molecular formula is C21H21N3O3S2. The van der Waals surface area contributed by atoms with E-state index in [0.717, 1.165) is 9.92 Å². The average Bonchev–Trinajstić information content (AvgIpc) is 2.70. The summed E-state index contributed by atoms with van der Waals surface area (Å²) in [6.07, 6.45) is 1.54.